The van der Waals surface area contributed by atoms with Crippen molar-refractivity contribution in [2.45, 2.75) is 47.3 Å². The van der Waals surface area contributed by atoms with Crippen molar-refractivity contribution in [3.05, 3.63) is 53.9 Å². The second-order valence-corrected chi connectivity index (χ2v) is 11.8. The van der Waals surface area contributed by atoms with Gasteiger partial charge in [0.25, 0.3) is 0 Å². The average molecular weight is 410 g/mol. The number of ether oxygens (including phenoxy) is 1. The van der Waals surface area contributed by atoms with Gasteiger partial charge in [0.15, 0.2) is 19.7 Å². The summed E-state index contributed by atoms with van der Waals surface area (Å²) < 4.78 is 55.0. The van der Waals surface area contributed by atoms with E-state index in [9.17, 15) is 16.8 Å². The fraction of sp³-hybridized carbons (Fsp3) is 0.421. The average Bonchev–Trinajstić information content (AvgIpc) is 2.61. The lowest BCUT2D eigenvalue weighted by Gasteiger charge is -2.37. The van der Waals surface area contributed by atoms with Gasteiger partial charge < -0.3 is 4.74 Å². The first-order valence-corrected chi connectivity index (χ1v) is 12.0. The second kappa shape index (κ2) is 7.00. The lowest BCUT2D eigenvalue weighted by molar-refractivity contribution is -0.00000301. The van der Waals surface area contributed by atoms with E-state index in [0.29, 0.717) is 16.9 Å². The van der Waals surface area contributed by atoms with Crippen LogP contribution in [0.15, 0.2) is 52.5 Å². The lowest BCUT2D eigenvalue weighted by atomic mass is 9.93. The highest BCUT2D eigenvalue weighted by Gasteiger charge is 2.45. The monoisotopic (exact) mass is 409 g/mol. The largest absolute Gasteiger partial charge is 0.373 e. The Morgan fingerprint density at radius 2 is 1.85 bits per heavy atom. The van der Waals surface area contributed by atoms with Crippen LogP contribution in [0.5, 0.6) is 0 Å². The van der Waals surface area contributed by atoms with E-state index >= 15 is 0 Å². The van der Waals surface area contributed by atoms with Crippen molar-refractivity contribution >= 4 is 19.7 Å². The van der Waals surface area contributed by atoms with Gasteiger partial charge in [-0.2, -0.15) is 0 Å². The summed E-state index contributed by atoms with van der Waals surface area (Å²) in [5.74, 6) is 0. The van der Waals surface area contributed by atoms with Crippen LogP contribution in [0.25, 0.3) is 0 Å². The fourth-order valence-electron chi connectivity index (χ4n) is 3.31. The predicted molar refractivity (Wildman–Crippen MR) is 102 cm³/mol. The van der Waals surface area contributed by atoms with Crippen molar-refractivity contribution in [2.75, 3.05) is 12.9 Å². The summed E-state index contributed by atoms with van der Waals surface area (Å²) in [6, 6.07) is 8.40. The molecule has 1 fully saturated rings. The number of hydrogen-bond acceptors (Lipinski definition) is 6. The van der Waals surface area contributed by atoms with Crippen molar-refractivity contribution in [3.63, 3.8) is 0 Å². The van der Waals surface area contributed by atoms with Gasteiger partial charge in [0.1, 0.15) is 0 Å². The van der Waals surface area contributed by atoms with Gasteiger partial charge in [0.05, 0.1) is 20.6 Å². The van der Waals surface area contributed by atoms with E-state index < -0.39 is 30.5 Å². The Hall–Kier alpha value is -1.77. The molecule has 1 aliphatic rings. The molecule has 1 aromatic carbocycles. The maximum Gasteiger partial charge on any atom is 0.184 e. The molecule has 27 heavy (non-hydrogen) atoms. The van der Waals surface area contributed by atoms with E-state index in [1.807, 2.05) is 13.0 Å². The minimum Gasteiger partial charge on any atom is -0.373 e. The summed E-state index contributed by atoms with van der Waals surface area (Å²) in [5, 5.41) is 0. The number of sulfone groups is 2. The first-order valence-electron chi connectivity index (χ1n) is 8.61. The molecular weight excluding hydrogens is 386 g/mol. The van der Waals surface area contributed by atoms with E-state index in [4.69, 9.17) is 4.74 Å². The molecule has 0 spiro atoms. The minimum atomic E-state index is -3.58. The summed E-state index contributed by atoms with van der Waals surface area (Å²) in [7, 11) is -6.99. The summed E-state index contributed by atoms with van der Waals surface area (Å²) in [6.07, 6.45) is 4.01. The second-order valence-electron chi connectivity index (χ2n) is 7.31. The van der Waals surface area contributed by atoms with E-state index in [1.165, 1.54) is 18.5 Å². The molecule has 1 saturated heterocycles. The van der Waals surface area contributed by atoms with Crippen LogP contribution in [0.3, 0.4) is 0 Å². The summed E-state index contributed by atoms with van der Waals surface area (Å²) in [6.45, 7) is 3.86. The topological polar surface area (TPSA) is 90.4 Å². The Balaban J connectivity index is 1.96. The van der Waals surface area contributed by atoms with E-state index in [0.717, 1.165) is 11.8 Å². The molecule has 2 heterocycles. The third kappa shape index (κ3) is 3.93. The van der Waals surface area contributed by atoms with Gasteiger partial charge in [0.2, 0.25) is 0 Å². The highest BCUT2D eigenvalue weighted by molar-refractivity contribution is 7.92. The first kappa shape index (κ1) is 20.0. The number of hydrogen-bond donors (Lipinski definition) is 0. The van der Waals surface area contributed by atoms with Crippen LogP contribution in [0.4, 0.5) is 0 Å². The Bertz CT molecular complexity index is 1060. The zero-order valence-corrected chi connectivity index (χ0v) is 17.2. The minimum absolute atomic E-state index is 0.0948. The summed E-state index contributed by atoms with van der Waals surface area (Å²) >= 11 is 0. The standard InChI is InChI=1S/C19H23NO5S2/c1-14-5-4-6-16(9-14)27(23,24)19(2)7-8-25-18(11-19)15-10-17(13-20-12-15)26(3,21)22/h4-6,9-10,12-13,18H,7-8,11H2,1-3H3/t18-,19-/m0/s1. The highest BCUT2D eigenvalue weighted by Crippen LogP contribution is 2.42. The Morgan fingerprint density at radius 1 is 1.11 bits per heavy atom. The van der Waals surface area contributed by atoms with Gasteiger partial charge in [-0.1, -0.05) is 12.1 Å². The fourth-order valence-corrected chi connectivity index (χ4v) is 5.80. The molecule has 0 saturated carbocycles. The molecule has 146 valence electrons. The SMILES string of the molecule is Cc1cccc(S(=O)(=O)[C@@]2(C)CCO[C@H](c3cncc(S(C)(=O)=O)c3)C2)c1. The van der Waals surface area contributed by atoms with Gasteiger partial charge in [-0.25, -0.2) is 16.8 Å². The van der Waals surface area contributed by atoms with E-state index in [-0.39, 0.29) is 17.9 Å². The summed E-state index contributed by atoms with van der Waals surface area (Å²) in [4.78, 5) is 4.39. The van der Waals surface area contributed by atoms with E-state index in [1.54, 1.807) is 25.1 Å². The van der Waals surface area contributed by atoms with Crippen molar-refractivity contribution in [3.8, 4) is 0 Å². The van der Waals surface area contributed by atoms with Crippen LogP contribution in [0, 0.1) is 6.92 Å². The summed E-state index contributed by atoms with van der Waals surface area (Å²) in [5.41, 5.74) is 1.46. The molecule has 1 aromatic heterocycles. The molecule has 0 unspecified atom stereocenters. The molecule has 0 bridgehead atoms. The van der Waals surface area contributed by atoms with Crippen LogP contribution in [-0.2, 0) is 24.4 Å². The zero-order chi connectivity index (χ0) is 19.9. The molecule has 3 rings (SSSR count). The van der Waals surface area contributed by atoms with Crippen LogP contribution in [0.1, 0.15) is 37.0 Å². The van der Waals surface area contributed by atoms with Gasteiger partial charge in [-0.05, 0) is 50.5 Å². The molecule has 0 radical (unpaired) electrons. The molecule has 0 aliphatic carbocycles. The normalized spacial score (nSPS) is 23.9. The maximum absolute atomic E-state index is 13.3. The number of nitrogens with zero attached hydrogens (tertiary/aromatic N) is 1. The number of aryl methyl sites for hydroxylation is 1. The van der Waals surface area contributed by atoms with Gasteiger partial charge in [-0.3, -0.25) is 4.98 Å². The zero-order valence-electron chi connectivity index (χ0n) is 15.5. The Labute approximate surface area is 160 Å². The Kier molecular flexibility index (Phi) is 5.18. The quantitative estimate of drug-likeness (QED) is 0.771. The Morgan fingerprint density at radius 3 is 2.52 bits per heavy atom. The van der Waals surface area contributed by atoms with Gasteiger partial charge in [-0.15, -0.1) is 0 Å². The molecule has 2 atom stereocenters. The van der Waals surface area contributed by atoms with Gasteiger partial charge >= 0.3 is 0 Å². The van der Waals surface area contributed by atoms with Crippen LogP contribution in [-0.4, -0.2) is 39.4 Å². The van der Waals surface area contributed by atoms with Crippen LogP contribution < -0.4 is 0 Å². The van der Waals surface area contributed by atoms with Crippen molar-refractivity contribution in [1.29, 1.82) is 0 Å². The molecule has 8 heteroatoms. The van der Waals surface area contributed by atoms with Crippen molar-refractivity contribution in [1.82, 2.24) is 4.98 Å². The predicted octanol–water partition coefficient (Wildman–Crippen LogP) is 2.88. The number of benzene rings is 1. The van der Waals surface area contributed by atoms with Crippen molar-refractivity contribution in [2.24, 2.45) is 0 Å². The number of aromatic nitrogens is 1. The molecule has 0 amide bonds. The number of pyridine rings is 1. The van der Waals surface area contributed by atoms with E-state index in [2.05, 4.69) is 4.98 Å². The van der Waals surface area contributed by atoms with Crippen LogP contribution >= 0.6 is 0 Å². The number of rotatable bonds is 4. The molecule has 2 aromatic rings. The molecule has 1 aliphatic heterocycles. The maximum atomic E-state index is 13.3. The van der Waals surface area contributed by atoms with Gasteiger partial charge in [0, 0.05) is 30.8 Å². The smallest absolute Gasteiger partial charge is 0.184 e. The highest BCUT2D eigenvalue weighted by atomic mass is 32.2. The third-order valence-electron chi connectivity index (χ3n) is 5.05. The van der Waals surface area contributed by atoms with Crippen molar-refractivity contribution < 1.29 is 21.6 Å². The molecule has 6 nitrogen and oxygen atoms in total. The molecular formula is C19H23NO5S2. The first-order chi connectivity index (χ1) is 12.5. The van der Waals surface area contributed by atoms with Crippen LogP contribution in [0.2, 0.25) is 0 Å². The lowest BCUT2D eigenvalue weighted by Crippen LogP contribution is -2.42. The third-order valence-corrected chi connectivity index (χ3v) is 8.67. The molecule has 0 N–H and O–H groups in total.